The quantitative estimate of drug-likeness (QED) is 0.300. The summed E-state index contributed by atoms with van der Waals surface area (Å²) in [4.78, 5) is 9.68. The maximum Gasteiger partial charge on any atom is 0.119 e. The molecule has 0 heterocycles. The SMILES string of the molecule is CCCCCC=[18O]. The summed E-state index contributed by atoms with van der Waals surface area (Å²) in [6.07, 6.45) is 5.19. The molecule has 0 spiro atoms. The second-order valence-electron chi connectivity index (χ2n) is 1.66. The fourth-order valence-corrected chi connectivity index (χ4v) is 0.478. The molecule has 1 nitrogen and oxygen atoms in total. The minimum Gasteiger partial charge on any atom is -0.303 e. The van der Waals surface area contributed by atoms with E-state index in [1.165, 1.54) is 12.8 Å². The highest BCUT2D eigenvalue weighted by Crippen LogP contribution is 1.94. The highest BCUT2D eigenvalue weighted by Gasteiger charge is 1.80. The molecule has 0 aliphatic rings. The van der Waals surface area contributed by atoms with Crippen LogP contribution in [-0.2, 0) is 4.79 Å². The van der Waals surface area contributed by atoms with Gasteiger partial charge < -0.3 is 4.79 Å². The molecule has 0 unspecified atom stereocenters. The monoisotopic (exact) mass is 102 g/mol. The Bertz CT molecular complexity index is 41.4. The van der Waals surface area contributed by atoms with E-state index in [-0.39, 0.29) is 0 Å². The van der Waals surface area contributed by atoms with Gasteiger partial charge in [0.25, 0.3) is 0 Å². The molecule has 0 aromatic rings. The van der Waals surface area contributed by atoms with Gasteiger partial charge in [-0.2, -0.15) is 0 Å². The number of hydrogen-bond donors (Lipinski definition) is 0. The number of rotatable bonds is 4. The Kier molecular flexibility index (Phi) is 5.40. The van der Waals surface area contributed by atoms with E-state index in [1.807, 2.05) is 0 Å². The van der Waals surface area contributed by atoms with Crippen LogP contribution in [0.2, 0.25) is 0 Å². The molecule has 0 N–H and O–H groups in total. The van der Waals surface area contributed by atoms with E-state index in [0.29, 0.717) is 0 Å². The van der Waals surface area contributed by atoms with Crippen LogP contribution < -0.4 is 0 Å². The molecule has 0 rings (SSSR count). The largest absolute Gasteiger partial charge is 0.303 e. The van der Waals surface area contributed by atoms with Crippen molar-refractivity contribution in [3.63, 3.8) is 0 Å². The standard InChI is InChI=1S/C6H12O/c1-2-3-4-5-6-7/h6H,2-5H2,1H3/i7+2. The Morgan fingerprint density at radius 3 is 2.57 bits per heavy atom. The number of carbonyl (C=O) groups is 1. The third-order valence-corrected chi connectivity index (χ3v) is 0.926. The summed E-state index contributed by atoms with van der Waals surface area (Å²) >= 11 is 0. The van der Waals surface area contributed by atoms with Crippen molar-refractivity contribution in [3.05, 3.63) is 0 Å². The topological polar surface area (TPSA) is 17.1 Å². The van der Waals surface area contributed by atoms with Gasteiger partial charge in [0.2, 0.25) is 0 Å². The van der Waals surface area contributed by atoms with Crippen molar-refractivity contribution < 1.29 is 4.79 Å². The van der Waals surface area contributed by atoms with Crippen LogP contribution in [0.15, 0.2) is 0 Å². The lowest BCUT2D eigenvalue weighted by molar-refractivity contribution is -0.107. The average Bonchev–Trinajstić information content (AvgIpc) is 1.69. The normalized spacial score (nSPS) is 8.71. The molecule has 0 aromatic carbocycles. The number of unbranched alkanes of at least 4 members (excludes halogenated alkanes) is 3. The molecule has 0 amide bonds. The first-order valence-corrected chi connectivity index (χ1v) is 2.85. The fourth-order valence-electron chi connectivity index (χ4n) is 0.478. The zero-order valence-electron chi connectivity index (χ0n) is 4.81. The average molecular weight is 102 g/mol. The molecule has 0 aromatic heterocycles. The van der Waals surface area contributed by atoms with Crippen molar-refractivity contribution in [1.82, 2.24) is 0 Å². The van der Waals surface area contributed by atoms with Gasteiger partial charge in [0, 0.05) is 6.42 Å². The Balaban J connectivity index is 2.56. The van der Waals surface area contributed by atoms with Gasteiger partial charge in [-0.3, -0.25) is 0 Å². The summed E-state index contributed by atoms with van der Waals surface area (Å²) in [5, 5.41) is 0. The van der Waals surface area contributed by atoms with Gasteiger partial charge in [-0.05, 0) is 6.42 Å². The number of hydrogen-bond acceptors (Lipinski definition) is 1. The highest BCUT2D eigenvalue weighted by atomic mass is 18.1. The predicted octanol–water partition coefficient (Wildman–Crippen LogP) is 1.77. The summed E-state index contributed by atoms with van der Waals surface area (Å²) in [5.41, 5.74) is 0. The van der Waals surface area contributed by atoms with Gasteiger partial charge in [-0.1, -0.05) is 19.8 Å². The van der Waals surface area contributed by atoms with E-state index in [9.17, 15) is 4.79 Å². The lowest BCUT2D eigenvalue weighted by Gasteiger charge is -1.85. The first-order chi connectivity index (χ1) is 3.41. The van der Waals surface area contributed by atoms with Crippen LogP contribution in [0.4, 0.5) is 0 Å². The highest BCUT2D eigenvalue weighted by molar-refractivity contribution is 5.48. The Hall–Kier alpha value is -0.330. The molecule has 0 atom stereocenters. The van der Waals surface area contributed by atoms with Crippen LogP contribution in [0, 0.1) is 0 Å². The van der Waals surface area contributed by atoms with Crippen LogP contribution in [0.1, 0.15) is 32.6 Å². The summed E-state index contributed by atoms with van der Waals surface area (Å²) in [6.45, 7) is 2.13. The Morgan fingerprint density at radius 1 is 1.43 bits per heavy atom. The number of aldehydes is 1. The van der Waals surface area contributed by atoms with Crippen molar-refractivity contribution in [1.29, 1.82) is 0 Å². The van der Waals surface area contributed by atoms with Gasteiger partial charge in [-0.25, -0.2) is 0 Å². The van der Waals surface area contributed by atoms with E-state index in [4.69, 9.17) is 0 Å². The van der Waals surface area contributed by atoms with Gasteiger partial charge in [0.05, 0.1) is 0 Å². The van der Waals surface area contributed by atoms with Gasteiger partial charge in [0.15, 0.2) is 0 Å². The minimum absolute atomic E-state index is 0.744. The lowest BCUT2D eigenvalue weighted by Crippen LogP contribution is -1.73. The minimum atomic E-state index is 0.744. The molecule has 0 saturated carbocycles. The smallest absolute Gasteiger partial charge is 0.119 e. The zero-order chi connectivity index (χ0) is 5.54. The van der Waals surface area contributed by atoms with Crippen molar-refractivity contribution in [2.45, 2.75) is 32.6 Å². The molecule has 42 valence electrons. The predicted molar refractivity (Wildman–Crippen MR) is 30.2 cm³/mol. The van der Waals surface area contributed by atoms with E-state index < -0.39 is 0 Å². The van der Waals surface area contributed by atoms with Crippen LogP contribution >= 0.6 is 0 Å². The lowest BCUT2D eigenvalue weighted by atomic mass is 10.2. The van der Waals surface area contributed by atoms with Crippen molar-refractivity contribution >= 4 is 6.29 Å². The molecule has 7 heavy (non-hydrogen) atoms. The second-order valence-corrected chi connectivity index (χ2v) is 1.66. The second kappa shape index (κ2) is 5.67. The van der Waals surface area contributed by atoms with Crippen molar-refractivity contribution in [3.8, 4) is 0 Å². The van der Waals surface area contributed by atoms with E-state index in [2.05, 4.69) is 6.92 Å². The van der Waals surface area contributed by atoms with Crippen molar-refractivity contribution in [2.24, 2.45) is 0 Å². The fraction of sp³-hybridized carbons (Fsp3) is 0.833. The molecule has 0 radical (unpaired) electrons. The van der Waals surface area contributed by atoms with Crippen molar-refractivity contribution in [2.75, 3.05) is 0 Å². The van der Waals surface area contributed by atoms with Crippen LogP contribution in [0.5, 0.6) is 0 Å². The third kappa shape index (κ3) is 5.67. The van der Waals surface area contributed by atoms with Crippen LogP contribution in [0.25, 0.3) is 0 Å². The first-order valence-electron chi connectivity index (χ1n) is 2.85. The Labute approximate surface area is 44.7 Å². The molecule has 1 heteroatoms. The molecule has 0 fully saturated rings. The molecule has 0 aliphatic heterocycles. The van der Waals surface area contributed by atoms with Gasteiger partial charge >= 0.3 is 0 Å². The summed E-state index contributed by atoms with van der Waals surface area (Å²) in [5.74, 6) is 0. The van der Waals surface area contributed by atoms with Gasteiger partial charge in [0.1, 0.15) is 6.29 Å². The molecule has 0 bridgehead atoms. The maximum absolute atomic E-state index is 9.68. The molecular weight excluding hydrogens is 90.1 g/mol. The van der Waals surface area contributed by atoms with E-state index >= 15 is 0 Å². The first kappa shape index (κ1) is 6.67. The third-order valence-electron chi connectivity index (χ3n) is 0.926. The number of carbonyl (C=O) groups excluding carboxylic acids is 1. The van der Waals surface area contributed by atoms with Crippen LogP contribution in [0.3, 0.4) is 0 Å². The van der Waals surface area contributed by atoms with Gasteiger partial charge in [-0.15, -0.1) is 0 Å². The van der Waals surface area contributed by atoms with E-state index in [1.54, 1.807) is 0 Å². The summed E-state index contributed by atoms with van der Waals surface area (Å²) in [6, 6.07) is 0. The zero-order valence-corrected chi connectivity index (χ0v) is 4.81. The maximum atomic E-state index is 9.68. The van der Waals surface area contributed by atoms with Crippen LogP contribution in [-0.4, -0.2) is 6.29 Å². The molecule has 0 saturated heterocycles. The molecular formula is C6H12O. The summed E-state index contributed by atoms with van der Waals surface area (Å²) < 4.78 is 0. The van der Waals surface area contributed by atoms with E-state index in [0.717, 1.165) is 19.1 Å². The Morgan fingerprint density at radius 2 is 2.14 bits per heavy atom. The molecule has 0 aliphatic carbocycles. The summed E-state index contributed by atoms with van der Waals surface area (Å²) in [7, 11) is 0.